The summed E-state index contributed by atoms with van der Waals surface area (Å²) in [6, 6.07) is 5.29. The average Bonchev–Trinajstić information content (AvgIpc) is 2.46. The largest absolute Gasteiger partial charge is 0.477 e. The third-order valence-electron chi connectivity index (χ3n) is 3.19. The van der Waals surface area contributed by atoms with Crippen molar-refractivity contribution in [2.75, 3.05) is 0 Å². The van der Waals surface area contributed by atoms with Crippen LogP contribution in [0.4, 0.5) is 0 Å². The number of halogens is 2. The Morgan fingerprint density at radius 3 is 2.29 bits per heavy atom. The van der Waals surface area contributed by atoms with Crippen molar-refractivity contribution in [1.29, 1.82) is 0 Å². The maximum atomic E-state index is 12.5. The zero-order valence-corrected chi connectivity index (χ0v) is 14.6. The van der Waals surface area contributed by atoms with Crippen LogP contribution in [-0.2, 0) is 0 Å². The van der Waals surface area contributed by atoms with Gasteiger partial charge in [-0.3, -0.25) is 9.59 Å². The van der Waals surface area contributed by atoms with E-state index in [0.29, 0.717) is 5.02 Å². The molecule has 8 heteroatoms. The fourth-order valence-corrected chi connectivity index (χ4v) is 2.45. The van der Waals surface area contributed by atoms with Crippen molar-refractivity contribution in [3.8, 4) is 5.69 Å². The van der Waals surface area contributed by atoms with Crippen molar-refractivity contribution >= 4 is 35.0 Å². The van der Waals surface area contributed by atoms with Crippen LogP contribution in [0.15, 0.2) is 29.1 Å². The molecular formula is C16H14Cl2N2O4. The van der Waals surface area contributed by atoms with E-state index in [1.807, 2.05) is 0 Å². The van der Waals surface area contributed by atoms with Gasteiger partial charge in [-0.25, -0.2) is 4.79 Å². The highest BCUT2D eigenvalue weighted by Gasteiger charge is 2.27. The van der Waals surface area contributed by atoms with Crippen LogP contribution in [0.3, 0.4) is 0 Å². The molecule has 126 valence electrons. The molecule has 1 heterocycles. The lowest BCUT2D eigenvalue weighted by Crippen LogP contribution is -2.32. The zero-order chi connectivity index (χ0) is 18.2. The Hall–Kier alpha value is -2.18. The average molecular weight is 369 g/mol. The van der Waals surface area contributed by atoms with Gasteiger partial charge in [-0.15, -0.1) is 0 Å². The van der Waals surface area contributed by atoms with Crippen LogP contribution in [-0.4, -0.2) is 26.6 Å². The molecule has 0 aliphatic rings. The van der Waals surface area contributed by atoms with E-state index in [4.69, 9.17) is 23.2 Å². The Labute approximate surface area is 147 Å². The molecule has 0 aliphatic carbocycles. The van der Waals surface area contributed by atoms with Gasteiger partial charge < -0.3 is 5.11 Å². The topological polar surface area (TPSA) is 89.3 Å². The molecule has 1 aromatic carbocycles. The number of rotatable bonds is 3. The summed E-state index contributed by atoms with van der Waals surface area (Å²) < 4.78 is 0.807. The lowest BCUT2D eigenvalue weighted by atomic mass is 9.88. The molecular weight excluding hydrogens is 355 g/mol. The Morgan fingerprint density at radius 2 is 1.79 bits per heavy atom. The summed E-state index contributed by atoms with van der Waals surface area (Å²) in [6.07, 6.45) is 0. The number of ketones is 1. The first-order valence-electron chi connectivity index (χ1n) is 6.90. The third-order valence-corrected chi connectivity index (χ3v) is 3.73. The molecule has 0 saturated heterocycles. The quantitative estimate of drug-likeness (QED) is 0.837. The minimum absolute atomic E-state index is 0.105. The second-order valence-corrected chi connectivity index (χ2v) is 6.98. The Balaban J connectivity index is 2.80. The standard InChI is InChI=1S/C16H14Cl2N2O4/c1-16(2,3)13(21)11-7-9(15(23)24)14(22)20(19-11)12-5-4-8(17)6-10(12)18/h4-7H,1-3H3,(H,23,24). The molecule has 0 unspecified atom stereocenters. The predicted octanol–water partition coefficient (Wildman–Crippen LogP) is 3.47. The van der Waals surface area contributed by atoms with E-state index in [1.165, 1.54) is 18.2 Å². The Kier molecular flexibility index (Phi) is 4.82. The maximum Gasteiger partial charge on any atom is 0.341 e. The number of Topliss-reactive ketones (excluding diaryl/α,β-unsaturated/α-hetero) is 1. The van der Waals surface area contributed by atoms with Gasteiger partial charge in [0, 0.05) is 10.4 Å². The number of hydrogen-bond acceptors (Lipinski definition) is 4. The number of aromatic carboxylic acids is 1. The van der Waals surface area contributed by atoms with Gasteiger partial charge in [0.05, 0.1) is 10.7 Å². The van der Waals surface area contributed by atoms with Gasteiger partial charge >= 0.3 is 5.97 Å². The third kappa shape index (κ3) is 3.49. The molecule has 0 fully saturated rings. The van der Waals surface area contributed by atoms with E-state index in [0.717, 1.165) is 10.7 Å². The first-order chi connectivity index (χ1) is 11.0. The van der Waals surface area contributed by atoms with Crippen LogP contribution < -0.4 is 5.56 Å². The number of benzene rings is 1. The molecule has 0 spiro atoms. The normalized spacial score (nSPS) is 11.4. The first-order valence-corrected chi connectivity index (χ1v) is 7.66. The number of carboxylic acid groups (broad SMARTS) is 1. The van der Waals surface area contributed by atoms with Gasteiger partial charge in [0.25, 0.3) is 5.56 Å². The highest BCUT2D eigenvalue weighted by molar-refractivity contribution is 6.35. The number of carboxylic acids is 1. The number of aromatic nitrogens is 2. The smallest absolute Gasteiger partial charge is 0.341 e. The van der Waals surface area contributed by atoms with Gasteiger partial charge in [-0.05, 0) is 24.3 Å². The summed E-state index contributed by atoms with van der Waals surface area (Å²) in [5.41, 5.74) is -2.25. The Morgan fingerprint density at radius 1 is 1.17 bits per heavy atom. The molecule has 0 atom stereocenters. The fraction of sp³-hybridized carbons (Fsp3) is 0.250. The highest BCUT2D eigenvalue weighted by Crippen LogP contribution is 2.24. The fourth-order valence-electron chi connectivity index (χ4n) is 1.96. The number of nitrogens with zero attached hydrogens (tertiary/aromatic N) is 2. The first kappa shape index (κ1) is 18.2. The van der Waals surface area contributed by atoms with Crippen LogP contribution in [0.2, 0.25) is 10.0 Å². The molecule has 0 aliphatic heterocycles. The van der Waals surface area contributed by atoms with Crippen molar-refractivity contribution in [2.24, 2.45) is 5.41 Å². The molecule has 0 amide bonds. The second kappa shape index (κ2) is 6.37. The van der Waals surface area contributed by atoms with E-state index in [-0.39, 0.29) is 16.4 Å². The zero-order valence-electron chi connectivity index (χ0n) is 13.1. The maximum absolute atomic E-state index is 12.5. The Bertz CT molecular complexity index is 898. The molecule has 2 aromatic rings. The van der Waals surface area contributed by atoms with Gasteiger partial charge in [0.15, 0.2) is 5.78 Å². The highest BCUT2D eigenvalue weighted by atomic mass is 35.5. The lowest BCUT2D eigenvalue weighted by molar-refractivity contribution is 0.0694. The van der Waals surface area contributed by atoms with Gasteiger partial charge in [0.2, 0.25) is 0 Å². The predicted molar refractivity (Wildman–Crippen MR) is 90.6 cm³/mol. The molecule has 2 rings (SSSR count). The second-order valence-electron chi connectivity index (χ2n) is 6.14. The van der Waals surface area contributed by atoms with Crippen LogP contribution in [0.1, 0.15) is 41.6 Å². The van der Waals surface area contributed by atoms with Crippen LogP contribution in [0.5, 0.6) is 0 Å². The molecule has 1 aromatic heterocycles. The van der Waals surface area contributed by atoms with E-state index in [9.17, 15) is 19.5 Å². The van der Waals surface area contributed by atoms with Crippen LogP contribution >= 0.6 is 23.2 Å². The summed E-state index contributed by atoms with van der Waals surface area (Å²) in [4.78, 5) is 36.2. The van der Waals surface area contributed by atoms with Crippen molar-refractivity contribution in [1.82, 2.24) is 9.78 Å². The number of hydrogen-bond donors (Lipinski definition) is 1. The molecule has 0 bridgehead atoms. The molecule has 6 nitrogen and oxygen atoms in total. The summed E-state index contributed by atoms with van der Waals surface area (Å²) in [7, 11) is 0. The number of carbonyl (C=O) groups is 2. The SMILES string of the molecule is CC(C)(C)C(=O)c1cc(C(=O)O)c(=O)n(-c2ccc(Cl)cc2Cl)n1. The molecule has 24 heavy (non-hydrogen) atoms. The summed E-state index contributed by atoms with van der Waals surface area (Å²) in [5.74, 6) is -1.85. The molecule has 0 saturated carbocycles. The van der Waals surface area contributed by atoms with E-state index in [1.54, 1.807) is 20.8 Å². The van der Waals surface area contributed by atoms with E-state index < -0.39 is 28.3 Å². The van der Waals surface area contributed by atoms with E-state index in [2.05, 4.69) is 5.10 Å². The van der Waals surface area contributed by atoms with E-state index >= 15 is 0 Å². The van der Waals surface area contributed by atoms with Crippen molar-refractivity contribution in [2.45, 2.75) is 20.8 Å². The minimum Gasteiger partial charge on any atom is -0.477 e. The molecule has 1 N–H and O–H groups in total. The molecule has 0 radical (unpaired) electrons. The van der Waals surface area contributed by atoms with Crippen molar-refractivity contribution < 1.29 is 14.7 Å². The van der Waals surface area contributed by atoms with Gasteiger partial charge in [-0.1, -0.05) is 44.0 Å². The van der Waals surface area contributed by atoms with Crippen LogP contribution in [0, 0.1) is 5.41 Å². The summed E-state index contributed by atoms with van der Waals surface area (Å²) in [5, 5.41) is 13.7. The number of carbonyl (C=O) groups excluding carboxylic acids is 1. The lowest BCUT2D eigenvalue weighted by Gasteiger charge is -2.17. The minimum atomic E-state index is -1.45. The van der Waals surface area contributed by atoms with Crippen molar-refractivity contribution in [3.63, 3.8) is 0 Å². The van der Waals surface area contributed by atoms with Gasteiger partial charge in [0.1, 0.15) is 11.3 Å². The summed E-state index contributed by atoms with van der Waals surface area (Å²) in [6.45, 7) is 5.01. The van der Waals surface area contributed by atoms with Gasteiger partial charge in [-0.2, -0.15) is 9.78 Å². The van der Waals surface area contributed by atoms with Crippen LogP contribution in [0.25, 0.3) is 5.69 Å². The monoisotopic (exact) mass is 368 g/mol. The van der Waals surface area contributed by atoms with Crippen molar-refractivity contribution in [3.05, 3.63) is 55.9 Å². The summed E-state index contributed by atoms with van der Waals surface area (Å²) >= 11 is 11.9.